The lowest BCUT2D eigenvalue weighted by Crippen LogP contribution is -2.17. The zero-order valence-electron chi connectivity index (χ0n) is 17.9. The molecule has 0 spiro atoms. The smallest absolute Gasteiger partial charge is 0.339 e. The summed E-state index contributed by atoms with van der Waals surface area (Å²) in [6.07, 6.45) is 1.62. The number of nitrogen functional groups attached to an aromatic ring is 1. The molecule has 0 aromatic heterocycles. The Morgan fingerprint density at radius 1 is 1.10 bits per heavy atom. The van der Waals surface area contributed by atoms with Crippen molar-refractivity contribution in [1.82, 2.24) is 0 Å². The number of nitrogens with two attached hydrogens (primary N) is 1. The minimum Gasteiger partial charge on any atom is -0.462 e. The number of aliphatic imine (C=N–C) groups is 1. The van der Waals surface area contributed by atoms with Gasteiger partial charge in [-0.15, -0.1) is 0 Å². The zero-order valence-corrected chi connectivity index (χ0v) is 17.9. The third-order valence-electron chi connectivity index (χ3n) is 4.71. The Labute approximate surface area is 178 Å². The van der Waals surface area contributed by atoms with Crippen molar-refractivity contribution in [2.75, 3.05) is 12.3 Å². The lowest BCUT2D eigenvalue weighted by Gasteiger charge is -2.10. The first kappa shape index (κ1) is 22.8. The van der Waals surface area contributed by atoms with Crippen molar-refractivity contribution in [2.45, 2.75) is 27.7 Å². The van der Waals surface area contributed by atoms with E-state index in [1.165, 1.54) is 0 Å². The zero-order chi connectivity index (χ0) is 22.3. The van der Waals surface area contributed by atoms with E-state index in [1.54, 1.807) is 39.0 Å². The van der Waals surface area contributed by atoms with Crippen LogP contribution in [0.3, 0.4) is 0 Å². The van der Waals surface area contributed by atoms with Crippen LogP contribution < -0.4 is 5.73 Å². The predicted molar refractivity (Wildman–Crippen MR) is 122 cm³/mol. The van der Waals surface area contributed by atoms with Gasteiger partial charge in [-0.05, 0) is 32.4 Å². The van der Waals surface area contributed by atoms with Crippen LogP contribution >= 0.6 is 0 Å². The Balaban J connectivity index is 0.000000335. The van der Waals surface area contributed by atoms with Crippen molar-refractivity contribution >= 4 is 28.8 Å². The summed E-state index contributed by atoms with van der Waals surface area (Å²) in [6.45, 7) is 11.4. The minimum atomic E-state index is -0.470. The molecule has 1 heterocycles. The van der Waals surface area contributed by atoms with Crippen molar-refractivity contribution in [1.29, 1.82) is 0 Å². The van der Waals surface area contributed by atoms with Crippen LogP contribution in [0.2, 0.25) is 0 Å². The molecule has 5 nitrogen and oxygen atoms in total. The summed E-state index contributed by atoms with van der Waals surface area (Å²) >= 11 is 0. The van der Waals surface area contributed by atoms with Gasteiger partial charge < -0.3 is 10.5 Å². The highest BCUT2D eigenvalue weighted by atomic mass is 16.5. The molecule has 0 radical (unpaired) electrons. The normalized spacial score (nSPS) is 17.7. The number of carbonyl (C=O) groups excluding carboxylic acids is 2. The van der Waals surface area contributed by atoms with Crippen LogP contribution in [0.1, 0.15) is 42.3 Å². The number of allylic oxidation sites excluding steroid dienone is 1. The van der Waals surface area contributed by atoms with Gasteiger partial charge in [0.15, 0.2) is 5.78 Å². The van der Waals surface area contributed by atoms with Gasteiger partial charge >= 0.3 is 5.97 Å². The Morgan fingerprint density at radius 2 is 1.70 bits per heavy atom. The van der Waals surface area contributed by atoms with Gasteiger partial charge in [0.1, 0.15) is 0 Å². The maximum atomic E-state index is 12.6. The van der Waals surface area contributed by atoms with Crippen molar-refractivity contribution in [3.8, 4) is 0 Å². The van der Waals surface area contributed by atoms with Crippen LogP contribution in [0.15, 0.2) is 71.8 Å². The summed E-state index contributed by atoms with van der Waals surface area (Å²) in [7, 11) is 0. The van der Waals surface area contributed by atoms with Crippen molar-refractivity contribution < 1.29 is 14.3 Å². The van der Waals surface area contributed by atoms with Crippen LogP contribution in [-0.2, 0) is 9.53 Å². The lowest BCUT2D eigenvalue weighted by atomic mass is 9.93. The summed E-state index contributed by atoms with van der Waals surface area (Å²) in [6, 6.07) is 15.0. The first-order valence-corrected chi connectivity index (χ1v) is 9.84. The number of carbonyl (C=O) groups is 2. The molecule has 1 atom stereocenters. The second-order valence-corrected chi connectivity index (χ2v) is 7.00. The number of esters is 1. The molecule has 2 N–H and O–H groups in total. The van der Waals surface area contributed by atoms with Gasteiger partial charge in [0, 0.05) is 22.7 Å². The highest BCUT2D eigenvalue weighted by Crippen LogP contribution is 2.25. The average Bonchev–Trinajstić information content (AvgIpc) is 2.76. The molecule has 1 unspecified atom stereocenters. The second kappa shape index (κ2) is 10.3. The van der Waals surface area contributed by atoms with E-state index in [1.807, 2.05) is 43.3 Å². The molecule has 0 saturated heterocycles. The average molecular weight is 405 g/mol. The van der Waals surface area contributed by atoms with Gasteiger partial charge in [0.2, 0.25) is 0 Å². The summed E-state index contributed by atoms with van der Waals surface area (Å²) < 4.78 is 5.06. The monoisotopic (exact) mass is 404 g/mol. The van der Waals surface area contributed by atoms with Gasteiger partial charge in [-0.1, -0.05) is 62.0 Å². The van der Waals surface area contributed by atoms with Gasteiger partial charge in [-0.3, -0.25) is 9.79 Å². The summed E-state index contributed by atoms with van der Waals surface area (Å²) in [5.41, 5.74) is 10.1. The minimum absolute atomic E-state index is 0.0663. The largest absolute Gasteiger partial charge is 0.462 e. The Kier molecular flexibility index (Phi) is 7.87. The number of para-hydroxylation sites is 1. The van der Waals surface area contributed by atoms with Crippen LogP contribution in [0, 0.1) is 12.8 Å². The molecule has 0 bridgehead atoms. The number of ketones is 1. The van der Waals surface area contributed by atoms with E-state index >= 15 is 0 Å². The first-order valence-electron chi connectivity index (χ1n) is 9.84. The van der Waals surface area contributed by atoms with E-state index in [2.05, 4.69) is 11.6 Å². The number of anilines is 1. The van der Waals surface area contributed by atoms with Crippen LogP contribution in [-0.4, -0.2) is 24.1 Å². The molecule has 156 valence electrons. The molecule has 30 heavy (non-hydrogen) atoms. The maximum absolute atomic E-state index is 12.6. The number of hydrogen-bond donors (Lipinski definition) is 1. The third kappa shape index (κ3) is 5.54. The van der Waals surface area contributed by atoms with Gasteiger partial charge in [-0.25, -0.2) is 4.79 Å². The molecule has 5 heteroatoms. The van der Waals surface area contributed by atoms with Crippen molar-refractivity contribution in [3.05, 3.63) is 83.4 Å². The topological polar surface area (TPSA) is 81.8 Å². The fraction of sp³-hybridized carbons (Fsp3) is 0.240. The molecule has 0 amide bonds. The van der Waals surface area contributed by atoms with E-state index < -0.39 is 11.9 Å². The van der Waals surface area contributed by atoms with Gasteiger partial charge in [-0.2, -0.15) is 0 Å². The van der Waals surface area contributed by atoms with Crippen molar-refractivity contribution in [3.63, 3.8) is 0 Å². The Hall–Kier alpha value is -3.47. The molecular formula is C25H28N2O3. The maximum Gasteiger partial charge on any atom is 0.339 e. The molecule has 3 rings (SSSR count). The summed E-state index contributed by atoms with van der Waals surface area (Å²) in [5, 5.41) is 0. The van der Waals surface area contributed by atoms with Gasteiger partial charge in [0.25, 0.3) is 0 Å². The number of Topliss-reactive ketones (excluding diaryl/α,β-unsaturated/α-hetero) is 1. The standard InChI is InChI=1S/C18H19NO3.C7H9N/c1-5-22-18(21)16-10-11(2)17(20)15-9-7-6-8-14(15)12(3)19-13(16)4;1-6-4-2-3-5-7(6)8/h6-11H,3,5H2,1-2,4H3;2-5H,8H2,1H3/b16-10+,19-13?;. The highest BCUT2D eigenvalue weighted by molar-refractivity contribution is 6.21. The SMILES string of the molecule is C=C1N=C(C)/C(C(=O)OCC)=C\C(C)C(=O)c2ccccc21.Cc1ccccc1N. The Bertz CT molecular complexity index is 998. The number of rotatable bonds is 2. The quantitative estimate of drug-likeness (QED) is 0.563. The number of benzene rings is 2. The van der Waals surface area contributed by atoms with E-state index in [0.29, 0.717) is 28.1 Å². The van der Waals surface area contributed by atoms with Crippen molar-refractivity contribution in [2.24, 2.45) is 10.9 Å². The Morgan fingerprint density at radius 3 is 2.27 bits per heavy atom. The predicted octanol–water partition coefficient (Wildman–Crippen LogP) is 5.02. The van der Waals surface area contributed by atoms with Gasteiger partial charge in [0.05, 0.1) is 23.6 Å². The van der Waals surface area contributed by atoms with E-state index in [0.717, 1.165) is 11.3 Å². The summed E-state index contributed by atoms with van der Waals surface area (Å²) in [4.78, 5) is 29.1. The van der Waals surface area contributed by atoms with E-state index in [9.17, 15) is 9.59 Å². The fourth-order valence-corrected chi connectivity index (χ4v) is 2.98. The molecule has 0 fully saturated rings. The molecule has 0 saturated carbocycles. The number of hydrogen-bond acceptors (Lipinski definition) is 5. The fourth-order valence-electron chi connectivity index (χ4n) is 2.98. The number of nitrogens with zero attached hydrogens (tertiary/aromatic N) is 1. The molecular weight excluding hydrogens is 376 g/mol. The molecule has 1 aliphatic heterocycles. The van der Waals surface area contributed by atoms with Crippen LogP contribution in [0.5, 0.6) is 0 Å². The van der Waals surface area contributed by atoms with E-state index in [-0.39, 0.29) is 12.4 Å². The van der Waals surface area contributed by atoms with E-state index in [4.69, 9.17) is 10.5 Å². The molecule has 0 aliphatic carbocycles. The second-order valence-electron chi connectivity index (χ2n) is 7.00. The number of ether oxygens (including phenoxy) is 1. The first-order chi connectivity index (χ1) is 14.3. The third-order valence-corrected chi connectivity index (χ3v) is 4.71. The number of fused-ring (bicyclic) bond motifs is 1. The highest BCUT2D eigenvalue weighted by Gasteiger charge is 2.24. The van der Waals surface area contributed by atoms with Crippen LogP contribution in [0.25, 0.3) is 5.70 Å². The van der Waals surface area contributed by atoms with Crippen LogP contribution in [0.4, 0.5) is 5.69 Å². The molecule has 2 aromatic rings. The molecule has 1 aliphatic rings. The molecule has 2 aromatic carbocycles. The summed E-state index contributed by atoms with van der Waals surface area (Å²) in [5.74, 6) is -0.984. The lowest BCUT2D eigenvalue weighted by molar-refractivity contribution is -0.137. The number of aryl methyl sites for hydroxylation is 1.